The van der Waals surface area contributed by atoms with Gasteiger partial charge in [-0.3, -0.25) is 14.6 Å². The summed E-state index contributed by atoms with van der Waals surface area (Å²) < 4.78 is 17.3. The van der Waals surface area contributed by atoms with Crippen molar-refractivity contribution >= 4 is 17.5 Å². The zero-order chi connectivity index (χ0) is 21.0. The molecule has 8 heteroatoms. The number of aromatic nitrogens is 1. The molecule has 0 radical (unpaired) electrons. The number of benzene rings is 1. The first-order valence-corrected chi connectivity index (χ1v) is 10.4. The lowest BCUT2D eigenvalue weighted by Crippen LogP contribution is -2.41. The maximum absolute atomic E-state index is 13.3. The molecule has 2 amide bonds. The van der Waals surface area contributed by atoms with E-state index in [0.717, 1.165) is 5.56 Å². The average molecular weight is 419 g/mol. The Morgan fingerprint density at radius 3 is 2.81 bits per heavy atom. The van der Waals surface area contributed by atoms with Crippen molar-refractivity contribution in [3.63, 3.8) is 0 Å². The van der Waals surface area contributed by atoms with Crippen molar-refractivity contribution in [2.75, 3.05) is 25.1 Å². The molecular formula is C23H21N3O5. The maximum Gasteiger partial charge on any atom is 0.231 e. The predicted molar refractivity (Wildman–Crippen MR) is 109 cm³/mol. The highest BCUT2D eigenvalue weighted by atomic mass is 16.6. The van der Waals surface area contributed by atoms with Crippen LogP contribution in [0.25, 0.3) is 0 Å². The van der Waals surface area contributed by atoms with Crippen molar-refractivity contribution in [3.05, 3.63) is 60.4 Å². The maximum atomic E-state index is 13.3. The Morgan fingerprint density at radius 1 is 1.16 bits per heavy atom. The lowest BCUT2D eigenvalue weighted by molar-refractivity contribution is -0.136. The van der Waals surface area contributed by atoms with Gasteiger partial charge in [0.2, 0.25) is 11.8 Å². The molecule has 2 bridgehead atoms. The normalized spacial score (nSPS) is 29.9. The first kappa shape index (κ1) is 18.4. The number of fused-ring (bicyclic) bond motifs is 2. The fourth-order valence-electron chi connectivity index (χ4n) is 5.07. The van der Waals surface area contributed by atoms with Crippen molar-refractivity contribution < 1.29 is 23.8 Å². The van der Waals surface area contributed by atoms with Crippen molar-refractivity contribution in [2.45, 2.75) is 18.2 Å². The molecular weight excluding hydrogens is 398 g/mol. The Morgan fingerprint density at radius 2 is 1.97 bits per heavy atom. The van der Waals surface area contributed by atoms with Crippen molar-refractivity contribution in [3.8, 4) is 11.5 Å². The van der Waals surface area contributed by atoms with Crippen molar-refractivity contribution in [1.29, 1.82) is 0 Å². The van der Waals surface area contributed by atoms with Crippen molar-refractivity contribution in [2.24, 2.45) is 11.8 Å². The first-order chi connectivity index (χ1) is 15.1. The van der Waals surface area contributed by atoms with Crippen LogP contribution in [0.2, 0.25) is 0 Å². The third-order valence-corrected chi connectivity index (χ3v) is 6.41. The zero-order valence-corrected chi connectivity index (χ0v) is 16.7. The minimum atomic E-state index is -0.733. The molecule has 4 atom stereocenters. The minimum Gasteiger partial charge on any atom is -0.486 e. The summed E-state index contributed by atoms with van der Waals surface area (Å²) in [5.74, 6) is -0.116. The van der Waals surface area contributed by atoms with Crippen LogP contribution in [0, 0.1) is 11.8 Å². The summed E-state index contributed by atoms with van der Waals surface area (Å²) in [6.07, 6.45) is 6.89. The molecule has 2 saturated heterocycles. The number of likely N-dealkylation sites (tertiary alicyclic amines) is 1. The molecule has 1 aromatic heterocycles. The largest absolute Gasteiger partial charge is 0.486 e. The van der Waals surface area contributed by atoms with Gasteiger partial charge in [0.15, 0.2) is 11.5 Å². The van der Waals surface area contributed by atoms with Crippen LogP contribution < -0.4 is 14.8 Å². The number of hydrogen-bond donors (Lipinski definition) is 1. The molecule has 1 N–H and O–H groups in total. The third-order valence-electron chi connectivity index (χ3n) is 6.41. The number of nitrogens with zero attached hydrogens (tertiary/aromatic N) is 2. The van der Waals surface area contributed by atoms with Crippen LogP contribution in [0.5, 0.6) is 11.5 Å². The molecule has 5 heterocycles. The number of rotatable bonds is 4. The van der Waals surface area contributed by atoms with Crippen LogP contribution in [0.15, 0.2) is 54.9 Å². The molecule has 2 aromatic rings. The minimum absolute atomic E-state index is 0.0500. The molecule has 8 nitrogen and oxygen atoms in total. The number of carbonyl (C=O) groups is 2. The van der Waals surface area contributed by atoms with Gasteiger partial charge < -0.3 is 24.4 Å². The smallest absolute Gasteiger partial charge is 0.231 e. The van der Waals surface area contributed by atoms with Gasteiger partial charge in [0.1, 0.15) is 18.8 Å². The van der Waals surface area contributed by atoms with Gasteiger partial charge in [0.25, 0.3) is 0 Å². The van der Waals surface area contributed by atoms with E-state index in [1.165, 1.54) is 0 Å². The molecule has 31 heavy (non-hydrogen) atoms. The lowest BCUT2D eigenvalue weighted by Gasteiger charge is -2.24. The van der Waals surface area contributed by atoms with E-state index < -0.39 is 23.5 Å². The highest BCUT2D eigenvalue weighted by molar-refractivity contribution is 5.99. The van der Waals surface area contributed by atoms with Crippen LogP contribution in [0.3, 0.4) is 0 Å². The quantitative estimate of drug-likeness (QED) is 0.760. The molecule has 0 aliphatic carbocycles. The Balaban J connectivity index is 1.23. The van der Waals surface area contributed by atoms with E-state index in [4.69, 9.17) is 14.2 Å². The summed E-state index contributed by atoms with van der Waals surface area (Å²) in [5, 5.41) is 2.95. The van der Waals surface area contributed by atoms with Gasteiger partial charge in [-0.05, 0) is 29.8 Å². The lowest BCUT2D eigenvalue weighted by atomic mass is 9.77. The second-order valence-corrected chi connectivity index (χ2v) is 8.30. The Labute approximate surface area is 178 Å². The number of nitrogens with one attached hydrogen (secondary N) is 1. The molecule has 0 saturated carbocycles. The standard InChI is InChI=1S/C23H21N3O5/c27-21(25-15-1-2-16-18(11-15)30-10-9-29-16)19-17-3-6-23(31-17)13-26(22(28)20(19)23)12-14-4-7-24-8-5-14/h1-8,11,17,19-20H,9-10,12-13H2,(H,25,27)/t17-,19?,20?,23-/m1/s1. The highest BCUT2D eigenvalue weighted by Gasteiger charge is 2.66. The summed E-state index contributed by atoms with van der Waals surface area (Å²) in [4.78, 5) is 32.4. The van der Waals surface area contributed by atoms with E-state index in [1.54, 1.807) is 35.5 Å². The van der Waals surface area contributed by atoms with Crippen LogP contribution in [-0.4, -0.2) is 53.2 Å². The molecule has 2 fully saturated rings. The van der Waals surface area contributed by atoms with Gasteiger partial charge in [-0.25, -0.2) is 0 Å². The molecule has 6 rings (SSSR count). The number of pyridine rings is 1. The SMILES string of the molecule is O=C(Nc1ccc2c(c1)OCCO2)C1C2C(=O)N(Cc3ccncc3)C[C@]23C=C[C@H]1O3. The number of anilines is 1. The molecule has 1 spiro atoms. The third kappa shape index (κ3) is 2.90. The fourth-order valence-corrected chi connectivity index (χ4v) is 5.07. The van der Waals surface area contributed by atoms with Gasteiger partial charge in [-0.1, -0.05) is 12.2 Å². The van der Waals surface area contributed by atoms with Gasteiger partial charge in [0.05, 0.1) is 24.5 Å². The van der Waals surface area contributed by atoms with Crippen molar-refractivity contribution in [1.82, 2.24) is 9.88 Å². The van der Waals surface area contributed by atoms with Crippen LogP contribution >= 0.6 is 0 Å². The molecule has 4 aliphatic rings. The second kappa shape index (κ2) is 6.81. The summed E-state index contributed by atoms with van der Waals surface area (Å²) in [5.41, 5.74) is 0.869. The Kier molecular flexibility index (Phi) is 4.04. The van der Waals surface area contributed by atoms with E-state index in [-0.39, 0.29) is 11.8 Å². The number of ether oxygens (including phenoxy) is 3. The van der Waals surface area contributed by atoms with Gasteiger partial charge in [-0.15, -0.1) is 0 Å². The van der Waals surface area contributed by atoms with E-state index in [1.807, 2.05) is 24.3 Å². The fraction of sp³-hybridized carbons (Fsp3) is 0.348. The van der Waals surface area contributed by atoms with Gasteiger partial charge >= 0.3 is 0 Å². The predicted octanol–water partition coefficient (Wildman–Crippen LogP) is 1.77. The molecule has 2 unspecified atom stereocenters. The van der Waals surface area contributed by atoms with E-state index >= 15 is 0 Å². The zero-order valence-electron chi connectivity index (χ0n) is 16.7. The summed E-state index contributed by atoms with van der Waals surface area (Å²) in [6, 6.07) is 9.08. The summed E-state index contributed by atoms with van der Waals surface area (Å²) in [7, 11) is 0. The Bertz CT molecular complexity index is 1090. The molecule has 158 valence electrons. The van der Waals surface area contributed by atoms with E-state index in [0.29, 0.717) is 43.5 Å². The van der Waals surface area contributed by atoms with Crippen LogP contribution in [0.4, 0.5) is 5.69 Å². The number of hydrogen-bond acceptors (Lipinski definition) is 6. The Hall–Kier alpha value is -3.39. The number of carbonyl (C=O) groups excluding carboxylic acids is 2. The summed E-state index contributed by atoms with van der Waals surface area (Å²) in [6.45, 7) is 1.89. The molecule has 1 aromatic carbocycles. The van der Waals surface area contributed by atoms with Gasteiger partial charge in [-0.2, -0.15) is 0 Å². The second-order valence-electron chi connectivity index (χ2n) is 8.30. The highest BCUT2D eigenvalue weighted by Crippen LogP contribution is 2.52. The van der Waals surface area contributed by atoms with Gasteiger partial charge in [0, 0.05) is 30.7 Å². The van der Waals surface area contributed by atoms with Crippen LogP contribution in [0.1, 0.15) is 5.56 Å². The average Bonchev–Trinajstić information content (AvgIpc) is 3.43. The van der Waals surface area contributed by atoms with E-state index in [2.05, 4.69) is 10.3 Å². The topological polar surface area (TPSA) is 90.0 Å². The number of amides is 2. The first-order valence-electron chi connectivity index (χ1n) is 10.4. The van der Waals surface area contributed by atoms with Crippen LogP contribution in [-0.2, 0) is 20.9 Å². The van der Waals surface area contributed by atoms with E-state index in [9.17, 15) is 9.59 Å². The summed E-state index contributed by atoms with van der Waals surface area (Å²) >= 11 is 0. The monoisotopic (exact) mass is 419 g/mol. The molecule has 4 aliphatic heterocycles.